The molecular formula is C8H16N4O3S. The number of aliphatic hydroxyl groups is 1. The normalized spacial score (nSPS) is 14.3. The molecule has 0 radical (unpaired) electrons. The summed E-state index contributed by atoms with van der Waals surface area (Å²) in [7, 11) is -0.715. The van der Waals surface area contributed by atoms with Crippen molar-refractivity contribution in [2.24, 2.45) is 7.05 Å². The summed E-state index contributed by atoms with van der Waals surface area (Å²) in [6, 6.07) is -0.510. The summed E-state index contributed by atoms with van der Waals surface area (Å²) < 4.78 is 26.5. The van der Waals surface area contributed by atoms with Gasteiger partial charge in [-0.25, -0.2) is 8.42 Å². The highest BCUT2D eigenvalue weighted by atomic mass is 32.2. The molecule has 0 aliphatic carbocycles. The molecule has 16 heavy (non-hydrogen) atoms. The molecule has 1 rings (SSSR count). The predicted octanol–water partition coefficient (Wildman–Crippen LogP) is -0.996. The van der Waals surface area contributed by atoms with Crippen LogP contribution in [0.25, 0.3) is 0 Å². The number of rotatable bonds is 4. The lowest BCUT2D eigenvalue weighted by molar-refractivity contribution is 0.214. The molecule has 0 saturated carbocycles. The summed E-state index contributed by atoms with van der Waals surface area (Å²) in [5.41, 5.74) is 5.51. The number of anilines is 1. The molecule has 92 valence electrons. The number of aromatic nitrogens is 2. The van der Waals surface area contributed by atoms with Gasteiger partial charge in [-0.1, -0.05) is 0 Å². The van der Waals surface area contributed by atoms with Crippen LogP contribution in [-0.2, 0) is 17.1 Å². The van der Waals surface area contributed by atoms with Gasteiger partial charge in [0.15, 0.2) is 5.82 Å². The van der Waals surface area contributed by atoms with Gasteiger partial charge in [-0.2, -0.15) is 9.40 Å². The van der Waals surface area contributed by atoms with Crippen LogP contribution in [0.2, 0.25) is 0 Å². The maximum Gasteiger partial charge on any atom is 0.248 e. The van der Waals surface area contributed by atoms with Crippen molar-refractivity contribution in [3.05, 3.63) is 6.20 Å². The molecule has 1 unspecified atom stereocenters. The molecule has 0 aliphatic rings. The molecular weight excluding hydrogens is 232 g/mol. The van der Waals surface area contributed by atoms with E-state index in [2.05, 4.69) is 5.10 Å². The van der Waals surface area contributed by atoms with Crippen molar-refractivity contribution in [3.63, 3.8) is 0 Å². The standard InChI is InChI=1S/C8H16N4O3S/c1-6(5-13)12(3)16(14,15)7-4-11(2)10-8(7)9/h4,6,13H,5H2,1-3H3,(H2,9,10). The molecule has 1 heterocycles. The number of hydrogen-bond donors (Lipinski definition) is 2. The van der Waals surface area contributed by atoms with Crippen LogP contribution in [0, 0.1) is 0 Å². The molecule has 0 amide bonds. The summed E-state index contributed by atoms with van der Waals surface area (Å²) in [6.45, 7) is 1.35. The van der Waals surface area contributed by atoms with Crippen molar-refractivity contribution in [2.45, 2.75) is 17.9 Å². The zero-order chi connectivity index (χ0) is 12.5. The van der Waals surface area contributed by atoms with Crippen LogP contribution in [-0.4, -0.2) is 47.3 Å². The molecule has 0 spiro atoms. The highest BCUT2D eigenvalue weighted by Crippen LogP contribution is 2.20. The fraction of sp³-hybridized carbons (Fsp3) is 0.625. The summed E-state index contributed by atoms with van der Waals surface area (Å²) in [5.74, 6) is -0.0421. The average molecular weight is 248 g/mol. The second-order valence-electron chi connectivity index (χ2n) is 3.61. The quantitative estimate of drug-likeness (QED) is 0.712. The highest BCUT2D eigenvalue weighted by molar-refractivity contribution is 7.89. The van der Waals surface area contributed by atoms with Crippen LogP contribution < -0.4 is 5.73 Å². The summed E-state index contributed by atoms with van der Waals surface area (Å²) >= 11 is 0. The molecule has 1 aromatic rings. The number of sulfonamides is 1. The van der Waals surface area contributed by atoms with E-state index in [0.29, 0.717) is 0 Å². The van der Waals surface area contributed by atoms with Gasteiger partial charge in [0.2, 0.25) is 10.0 Å². The zero-order valence-corrected chi connectivity index (χ0v) is 10.3. The Kier molecular flexibility index (Phi) is 3.56. The molecule has 1 atom stereocenters. The first kappa shape index (κ1) is 12.9. The first-order valence-electron chi connectivity index (χ1n) is 4.68. The number of nitrogens with zero attached hydrogens (tertiary/aromatic N) is 3. The van der Waals surface area contributed by atoms with E-state index < -0.39 is 16.1 Å². The summed E-state index contributed by atoms with van der Waals surface area (Å²) in [4.78, 5) is -0.0437. The van der Waals surface area contributed by atoms with Gasteiger partial charge in [-0.15, -0.1) is 0 Å². The van der Waals surface area contributed by atoms with Crippen molar-refractivity contribution < 1.29 is 13.5 Å². The van der Waals surface area contributed by atoms with Gasteiger partial charge < -0.3 is 10.8 Å². The second-order valence-corrected chi connectivity index (χ2v) is 5.57. The van der Waals surface area contributed by atoms with Gasteiger partial charge >= 0.3 is 0 Å². The van der Waals surface area contributed by atoms with Gasteiger partial charge in [-0.3, -0.25) is 4.68 Å². The van der Waals surface area contributed by atoms with E-state index in [9.17, 15) is 8.42 Å². The van der Waals surface area contributed by atoms with Gasteiger partial charge in [-0.05, 0) is 6.92 Å². The Bertz CT molecular complexity index is 468. The second kappa shape index (κ2) is 4.40. The minimum Gasteiger partial charge on any atom is -0.395 e. The number of likely N-dealkylation sites (N-methyl/N-ethyl adjacent to an activating group) is 1. The Morgan fingerprint density at radius 1 is 1.69 bits per heavy atom. The maximum absolute atomic E-state index is 12.0. The summed E-state index contributed by atoms with van der Waals surface area (Å²) in [6.07, 6.45) is 1.34. The van der Waals surface area contributed by atoms with E-state index in [1.807, 2.05) is 0 Å². The first-order valence-corrected chi connectivity index (χ1v) is 6.12. The molecule has 0 fully saturated rings. The Morgan fingerprint density at radius 3 is 2.62 bits per heavy atom. The van der Waals surface area contributed by atoms with Crippen LogP contribution in [0.3, 0.4) is 0 Å². The molecule has 0 aliphatic heterocycles. The van der Waals surface area contributed by atoms with Crippen LogP contribution in [0.1, 0.15) is 6.92 Å². The number of aliphatic hydroxyl groups excluding tert-OH is 1. The largest absolute Gasteiger partial charge is 0.395 e. The van der Waals surface area contributed by atoms with Crippen molar-refractivity contribution >= 4 is 15.8 Å². The van der Waals surface area contributed by atoms with E-state index in [-0.39, 0.29) is 17.3 Å². The Balaban J connectivity index is 3.17. The lowest BCUT2D eigenvalue weighted by Gasteiger charge is -2.21. The molecule has 0 saturated heterocycles. The molecule has 7 nitrogen and oxygen atoms in total. The van der Waals surface area contributed by atoms with Crippen molar-refractivity contribution in [2.75, 3.05) is 19.4 Å². The monoisotopic (exact) mass is 248 g/mol. The van der Waals surface area contributed by atoms with Gasteiger partial charge in [0.25, 0.3) is 0 Å². The molecule has 1 aromatic heterocycles. The van der Waals surface area contributed by atoms with Gasteiger partial charge in [0, 0.05) is 26.3 Å². The van der Waals surface area contributed by atoms with E-state index in [4.69, 9.17) is 10.8 Å². The minimum atomic E-state index is -3.70. The van der Waals surface area contributed by atoms with Crippen LogP contribution in [0.4, 0.5) is 5.82 Å². The SMILES string of the molecule is CC(CO)N(C)S(=O)(=O)c1cn(C)nc1N. The van der Waals surface area contributed by atoms with Crippen molar-refractivity contribution in [1.82, 2.24) is 14.1 Å². The number of nitrogen functional groups attached to an aromatic ring is 1. The van der Waals surface area contributed by atoms with E-state index in [1.54, 1.807) is 14.0 Å². The third-order valence-electron chi connectivity index (χ3n) is 2.36. The zero-order valence-electron chi connectivity index (χ0n) is 9.45. The Labute approximate surface area is 94.5 Å². The fourth-order valence-corrected chi connectivity index (χ4v) is 2.63. The minimum absolute atomic E-state index is 0.0421. The molecule has 3 N–H and O–H groups in total. The molecule has 0 bridgehead atoms. The Hall–Kier alpha value is -1.12. The first-order chi connectivity index (χ1) is 7.30. The predicted molar refractivity (Wildman–Crippen MR) is 59.1 cm³/mol. The Morgan fingerprint density at radius 2 is 2.25 bits per heavy atom. The third kappa shape index (κ3) is 2.18. The number of hydrogen-bond acceptors (Lipinski definition) is 5. The highest BCUT2D eigenvalue weighted by Gasteiger charge is 2.28. The van der Waals surface area contributed by atoms with Crippen LogP contribution in [0.15, 0.2) is 11.1 Å². The van der Waals surface area contributed by atoms with E-state index in [1.165, 1.54) is 17.9 Å². The third-order valence-corrected chi connectivity index (χ3v) is 4.35. The number of nitrogens with two attached hydrogens (primary N) is 1. The lowest BCUT2D eigenvalue weighted by Crippen LogP contribution is -2.37. The van der Waals surface area contributed by atoms with Gasteiger partial charge in [0.1, 0.15) is 4.90 Å². The fourth-order valence-electron chi connectivity index (χ4n) is 1.19. The van der Waals surface area contributed by atoms with Gasteiger partial charge in [0.05, 0.1) is 6.61 Å². The maximum atomic E-state index is 12.0. The van der Waals surface area contributed by atoms with Crippen molar-refractivity contribution in [1.29, 1.82) is 0 Å². The average Bonchev–Trinajstić information content (AvgIpc) is 2.56. The topological polar surface area (TPSA) is 101 Å². The molecule has 8 heteroatoms. The van der Waals surface area contributed by atoms with Crippen molar-refractivity contribution in [3.8, 4) is 0 Å². The van der Waals surface area contributed by atoms with Crippen LogP contribution >= 0.6 is 0 Å². The summed E-state index contributed by atoms with van der Waals surface area (Å²) in [5, 5.41) is 12.7. The smallest absolute Gasteiger partial charge is 0.248 e. The number of aryl methyl sites for hydroxylation is 1. The van der Waals surface area contributed by atoms with E-state index >= 15 is 0 Å². The van der Waals surface area contributed by atoms with Crippen LogP contribution in [0.5, 0.6) is 0 Å². The lowest BCUT2D eigenvalue weighted by atomic mass is 10.4. The van der Waals surface area contributed by atoms with E-state index in [0.717, 1.165) is 4.31 Å². The molecule has 0 aromatic carbocycles.